The minimum Gasteiger partial charge on any atom is -0.496 e. The van der Waals surface area contributed by atoms with E-state index in [1.54, 1.807) is 19.2 Å². The Morgan fingerprint density at radius 3 is 2.39 bits per heavy atom. The SMILES string of the molecule is C=C(c1ccc(C#N)cc1)c1ccccc1OC. The zero-order valence-electron chi connectivity index (χ0n) is 10.2. The molecule has 88 valence electrons. The molecule has 0 aromatic heterocycles. The molecule has 0 saturated heterocycles. The lowest BCUT2D eigenvalue weighted by atomic mass is 9.98. The first-order chi connectivity index (χ1) is 8.76. The highest BCUT2D eigenvalue weighted by Gasteiger charge is 2.07. The molecular weight excluding hydrogens is 222 g/mol. The number of benzene rings is 2. The van der Waals surface area contributed by atoms with Crippen LogP contribution in [0.2, 0.25) is 0 Å². The van der Waals surface area contributed by atoms with Gasteiger partial charge in [0.15, 0.2) is 0 Å². The lowest BCUT2D eigenvalue weighted by Crippen LogP contribution is -1.92. The maximum Gasteiger partial charge on any atom is 0.126 e. The van der Waals surface area contributed by atoms with Gasteiger partial charge < -0.3 is 4.74 Å². The summed E-state index contributed by atoms with van der Waals surface area (Å²) < 4.78 is 5.32. The van der Waals surface area contributed by atoms with Crippen LogP contribution in [-0.2, 0) is 0 Å². The fourth-order valence-corrected chi connectivity index (χ4v) is 1.80. The quantitative estimate of drug-likeness (QED) is 0.813. The summed E-state index contributed by atoms with van der Waals surface area (Å²) in [5.74, 6) is 0.798. The van der Waals surface area contributed by atoms with E-state index < -0.39 is 0 Å². The van der Waals surface area contributed by atoms with Crippen molar-refractivity contribution in [2.45, 2.75) is 0 Å². The van der Waals surface area contributed by atoms with Crippen LogP contribution in [0.4, 0.5) is 0 Å². The lowest BCUT2D eigenvalue weighted by molar-refractivity contribution is 0.413. The number of para-hydroxylation sites is 1. The number of hydrogen-bond acceptors (Lipinski definition) is 2. The van der Waals surface area contributed by atoms with Crippen molar-refractivity contribution in [1.82, 2.24) is 0 Å². The molecule has 2 heteroatoms. The molecule has 0 aliphatic carbocycles. The maximum absolute atomic E-state index is 8.77. The van der Waals surface area contributed by atoms with Crippen molar-refractivity contribution in [3.8, 4) is 11.8 Å². The topological polar surface area (TPSA) is 33.0 Å². The first-order valence-electron chi connectivity index (χ1n) is 5.59. The maximum atomic E-state index is 8.77. The van der Waals surface area contributed by atoms with Gasteiger partial charge in [0, 0.05) is 5.56 Å². The summed E-state index contributed by atoms with van der Waals surface area (Å²) >= 11 is 0. The molecule has 18 heavy (non-hydrogen) atoms. The van der Waals surface area contributed by atoms with E-state index in [0.29, 0.717) is 5.56 Å². The lowest BCUT2D eigenvalue weighted by Gasteiger charge is -2.11. The van der Waals surface area contributed by atoms with E-state index in [1.807, 2.05) is 36.4 Å². The van der Waals surface area contributed by atoms with Crippen molar-refractivity contribution < 1.29 is 4.74 Å². The molecule has 0 unspecified atom stereocenters. The Bertz CT molecular complexity index is 606. The molecular formula is C16H13NO. The molecule has 2 nitrogen and oxygen atoms in total. The molecule has 0 N–H and O–H groups in total. The molecule has 2 aromatic carbocycles. The van der Waals surface area contributed by atoms with Crippen LogP contribution in [0.25, 0.3) is 5.57 Å². The molecule has 0 amide bonds. The smallest absolute Gasteiger partial charge is 0.126 e. The van der Waals surface area contributed by atoms with Gasteiger partial charge in [-0.25, -0.2) is 0 Å². The largest absolute Gasteiger partial charge is 0.496 e. The number of ether oxygens (including phenoxy) is 1. The zero-order chi connectivity index (χ0) is 13.0. The molecule has 0 atom stereocenters. The molecule has 0 radical (unpaired) electrons. The fourth-order valence-electron chi connectivity index (χ4n) is 1.80. The van der Waals surface area contributed by atoms with Crippen LogP contribution < -0.4 is 4.74 Å². The summed E-state index contributed by atoms with van der Waals surface area (Å²) in [7, 11) is 1.64. The molecule has 0 aliphatic heterocycles. The second kappa shape index (κ2) is 5.20. The van der Waals surface area contributed by atoms with Gasteiger partial charge in [0.25, 0.3) is 0 Å². The van der Waals surface area contributed by atoms with Gasteiger partial charge >= 0.3 is 0 Å². The molecule has 0 spiro atoms. The van der Waals surface area contributed by atoms with Gasteiger partial charge in [-0.05, 0) is 29.3 Å². The first-order valence-corrected chi connectivity index (χ1v) is 5.59. The van der Waals surface area contributed by atoms with Crippen molar-refractivity contribution in [1.29, 1.82) is 5.26 Å². The molecule has 0 heterocycles. The van der Waals surface area contributed by atoms with Crippen LogP contribution in [0.5, 0.6) is 5.75 Å². The zero-order valence-corrected chi connectivity index (χ0v) is 10.2. The monoisotopic (exact) mass is 235 g/mol. The van der Waals surface area contributed by atoms with Gasteiger partial charge in [-0.2, -0.15) is 5.26 Å². The van der Waals surface area contributed by atoms with Crippen LogP contribution in [0.3, 0.4) is 0 Å². The molecule has 2 rings (SSSR count). The normalized spacial score (nSPS) is 9.56. The summed E-state index contributed by atoms with van der Waals surface area (Å²) in [4.78, 5) is 0. The van der Waals surface area contributed by atoms with Crippen LogP contribution in [0.1, 0.15) is 16.7 Å². The fraction of sp³-hybridized carbons (Fsp3) is 0.0625. The van der Waals surface area contributed by atoms with E-state index in [4.69, 9.17) is 10.00 Å². The first kappa shape index (κ1) is 11.9. The Morgan fingerprint density at radius 1 is 1.11 bits per heavy atom. The van der Waals surface area contributed by atoms with E-state index in [-0.39, 0.29) is 0 Å². The van der Waals surface area contributed by atoms with Gasteiger partial charge in [0.05, 0.1) is 18.7 Å². The Balaban J connectivity index is 2.39. The Morgan fingerprint density at radius 2 is 1.78 bits per heavy atom. The van der Waals surface area contributed by atoms with Gasteiger partial charge in [-0.15, -0.1) is 0 Å². The average Bonchev–Trinajstić information content (AvgIpc) is 2.46. The summed E-state index contributed by atoms with van der Waals surface area (Å²) in [6.07, 6.45) is 0. The molecule has 0 bridgehead atoms. The average molecular weight is 235 g/mol. The number of hydrogen-bond donors (Lipinski definition) is 0. The van der Waals surface area contributed by atoms with E-state index in [2.05, 4.69) is 12.6 Å². The third-order valence-electron chi connectivity index (χ3n) is 2.79. The van der Waals surface area contributed by atoms with E-state index in [9.17, 15) is 0 Å². The minimum atomic E-state index is 0.645. The minimum absolute atomic E-state index is 0.645. The number of rotatable bonds is 3. The van der Waals surface area contributed by atoms with Gasteiger partial charge in [-0.3, -0.25) is 0 Å². The van der Waals surface area contributed by atoms with E-state index in [0.717, 1.165) is 22.4 Å². The Hall–Kier alpha value is -2.53. The highest BCUT2D eigenvalue weighted by Crippen LogP contribution is 2.29. The number of methoxy groups -OCH3 is 1. The van der Waals surface area contributed by atoms with Gasteiger partial charge in [0.2, 0.25) is 0 Å². The van der Waals surface area contributed by atoms with Crippen molar-refractivity contribution in [2.75, 3.05) is 7.11 Å². The van der Waals surface area contributed by atoms with Crippen LogP contribution in [0, 0.1) is 11.3 Å². The second-order valence-corrected chi connectivity index (χ2v) is 3.87. The standard InChI is InChI=1S/C16H13NO/c1-12(14-9-7-13(11-17)8-10-14)15-5-3-4-6-16(15)18-2/h3-10H,1H2,2H3. The van der Waals surface area contributed by atoms with Crippen molar-refractivity contribution in [2.24, 2.45) is 0 Å². The molecule has 0 fully saturated rings. The summed E-state index contributed by atoms with van der Waals surface area (Å²) in [5, 5.41) is 8.77. The summed E-state index contributed by atoms with van der Waals surface area (Å²) in [6.45, 7) is 4.10. The predicted molar refractivity (Wildman–Crippen MR) is 72.3 cm³/mol. The van der Waals surface area contributed by atoms with Gasteiger partial charge in [-0.1, -0.05) is 36.9 Å². The third kappa shape index (κ3) is 2.26. The Kier molecular flexibility index (Phi) is 3.45. The van der Waals surface area contributed by atoms with Crippen LogP contribution >= 0.6 is 0 Å². The van der Waals surface area contributed by atoms with E-state index >= 15 is 0 Å². The summed E-state index contributed by atoms with van der Waals surface area (Å²) in [5.41, 5.74) is 3.48. The molecule has 2 aromatic rings. The van der Waals surface area contributed by atoms with Crippen molar-refractivity contribution in [3.05, 3.63) is 71.8 Å². The van der Waals surface area contributed by atoms with Crippen LogP contribution in [-0.4, -0.2) is 7.11 Å². The van der Waals surface area contributed by atoms with Crippen LogP contribution in [0.15, 0.2) is 55.1 Å². The molecule has 0 aliphatic rings. The molecule has 0 saturated carbocycles. The second-order valence-electron chi connectivity index (χ2n) is 3.87. The van der Waals surface area contributed by atoms with E-state index in [1.165, 1.54) is 0 Å². The van der Waals surface area contributed by atoms with Crippen molar-refractivity contribution >= 4 is 5.57 Å². The highest BCUT2D eigenvalue weighted by atomic mass is 16.5. The Labute approximate surface area is 107 Å². The number of nitriles is 1. The highest BCUT2D eigenvalue weighted by molar-refractivity contribution is 5.81. The predicted octanol–water partition coefficient (Wildman–Crippen LogP) is 3.63. The summed E-state index contributed by atoms with van der Waals surface area (Å²) in [6, 6.07) is 17.2. The third-order valence-corrected chi connectivity index (χ3v) is 2.79. The number of nitrogens with zero attached hydrogens (tertiary/aromatic N) is 1. The van der Waals surface area contributed by atoms with Crippen molar-refractivity contribution in [3.63, 3.8) is 0 Å². The van der Waals surface area contributed by atoms with Gasteiger partial charge in [0.1, 0.15) is 5.75 Å².